The van der Waals surface area contributed by atoms with Gasteiger partial charge in [0.15, 0.2) is 0 Å². The van der Waals surface area contributed by atoms with E-state index in [1.807, 2.05) is 0 Å². The molecule has 0 saturated carbocycles. The number of aromatic nitrogens is 1. The van der Waals surface area contributed by atoms with Crippen LogP contribution in [0.4, 0.5) is 5.88 Å². The number of carbonyl (C=O) groups is 2. The maximum absolute atomic E-state index is 12.2. The highest BCUT2D eigenvalue weighted by Gasteiger charge is 2.25. The Kier molecular flexibility index (Phi) is 4.42. The SMILES string of the molecule is CCOC(=O)c1oc2ccccc2c1COC(=O)c1c(C)noc1N. The molecule has 8 nitrogen and oxygen atoms in total. The van der Waals surface area contributed by atoms with Gasteiger partial charge in [-0.1, -0.05) is 23.4 Å². The van der Waals surface area contributed by atoms with Crippen molar-refractivity contribution >= 4 is 28.8 Å². The van der Waals surface area contributed by atoms with Gasteiger partial charge in [-0.2, -0.15) is 0 Å². The molecule has 2 aromatic heterocycles. The summed E-state index contributed by atoms with van der Waals surface area (Å²) in [5.74, 6) is -1.43. The molecule has 0 aliphatic heterocycles. The molecule has 2 heterocycles. The van der Waals surface area contributed by atoms with Crippen LogP contribution < -0.4 is 5.73 Å². The van der Waals surface area contributed by atoms with E-state index in [0.717, 1.165) is 0 Å². The molecule has 0 bridgehead atoms. The van der Waals surface area contributed by atoms with Crippen LogP contribution in [0.3, 0.4) is 0 Å². The lowest BCUT2D eigenvalue weighted by Gasteiger charge is -2.05. The van der Waals surface area contributed by atoms with Crippen molar-refractivity contribution in [2.75, 3.05) is 12.3 Å². The molecule has 0 aliphatic rings. The number of nitrogen functional groups attached to an aromatic ring is 1. The van der Waals surface area contributed by atoms with Crippen LogP contribution in [0.5, 0.6) is 0 Å². The number of ether oxygens (including phenoxy) is 2. The van der Waals surface area contributed by atoms with Gasteiger partial charge in [-0.05, 0) is 19.9 Å². The van der Waals surface area contributed by atoms with Crippen LogP contribution in [-0.2, 0) is 16.1 Å². The van der Waals surface area contributed by atoms with Crippen molar-refractivity contribution in [1.82, 2.24) is 5.16 Å². The van der Waals surface area contributed by atoms with Gasteiger partial charge in [-0.15, -0.1) is 0 Å². The summed E-state index contributed by atoms with van der Waals surface area (Å²) in [6.07, 6.45) is 0. The van der Waals surface area contributed by atoms with Crippen LogP contribution in [0.15, 0.2) is 33.2 Å². The van der Waals surface area contributed by atoms with Crippen LogP contribution >= 0.6 is 0 Å². The molecule has 25 heavy (non-hydrogen) atoms. The van der Waals surface area contributed by atoms with Crippen LogP contribution in [0, 0.1) is 6.92 Å². The van der Waals surface area contributed by atoms with Gasteiger partial charge in [-0.25, -0.2) is 9.59 Å². The lowest BCUT2D eigenvalue weighted by Crippen LogP contribution is -2.11. The largest absolute Gasteiger partial charge is 0.460 e. The molecule has 0 amide bonds. The Morgan fingerprint density at radius 3 is 2.64 bits per heavy atom. The average Bonchev–Trinajstić information content (AvgIpc) is 3.13. The number of para-hydroxylation sites is 1. The lowest BCUT2D eigenvalue weighted by atomic mass is 10.1. The van der Waals surface area contributed by atoms with Crippen LogP contribution in [-0.4, -0.2) is 23.7 Å². The van der Waals surface area contributed by atoms with Crippen molar-refractivity contribution in [2.24, 2.45) is 0 Å². The van der Waals surface area contributed by atoms with Crippen LogP contribution in [0.2, 0.25) is 0 Å². The molecule has 3 aromatic rings. The van der Waals surface area contributed by atoms with E-state index in [1.54, 1.807) is 38.1 Å². The molecule has 0 unspecified atom stereocenters. The molecule has 0 saturated heterocycles. The summed E-state index contributed by atoms with van der Waals surface area (Å²) in [5, 5.41) is 4.27. The number of benzene rings is 1. The molecule has 0 aliphatic carbocycles. The molecule has 0 radical (unpaired) electrons. The summed E-state index contributed by atoms with van der Waals surface area (Å²) < 4.78 is 20.6. The number of anilines is 1. The Balaban J connectivity index is 1.91. The topological polar surface area (TPSA) is 118 Å². The van der Waals surface area contributed by atoms with Crippen molar-refractivity contribution in [1.29, 1.82) is 0 Å². The molecule has 0 fully saturated rings. The van der Waals surface area contributed by atoms with Gasteiger partial charge in [0.1, 0.15) is 17.8 Å². The molecule has 0 atom stereocenters. The third-order valence-electron chi connectivity index (χ3n) is 3.60. The second-order valence-corrected chi connectivity index (χ2v) is 5.21. The fourth-order valence-electron chi connectivity index (χ4n) is 2.45. The summed E-state index contributed by atoms with van der Waals surface area (Å²) in [7, 11) is 0. The number of nitrogens with two attached hydrogens (primary N) is 1. The zero-order valence-corrected chi connectivity index (χ0v) is 13.7. The fourth-order valence-corrected chi connectivity index (χ4v) is 2.45. The Labute approximate surface area is 142 Å². The number of hydrogen-bond acceptors (Lipinski definition) is 8. The number of hydrogen-bond donors (Lipinski definition) is 1. The van der Waals surface area contributed by atoms with Crippen molar-refractivity contribution in [3.63, 3.8) is 0 Å². The third kappa shape index (κ3) is 3.06. The van der Waals surface area contributed by atoms with E-state index < -0.39 is 11.9 Å². The van der Waals surface area contributed by atoms with Crippen molar-refractivity contribution in [2.45, 2.75) is 20.5 Å². The Morgan fingerprint density at radius 1 is 1.20 bits per heavy atom. The number of rotatable bonds is 5. The van der Waals surface area contributed by atoms with Gasteiger partial charge < -0.3 is 24.1 Å². The minimum atomic E-state index is -0.698. The standard InChI is InChI=1S/C17H16N2O6/c1-3-22-17(21)14-11(10-6-4-5-7-12(10)24-14)8-23-16(20)13-9(2)19-25-15(13)18/h4-7H,3,8,18H2,1-2H3. The normalized spacial score (nSPS) is 10.8. The molecular formula is C17H16N2O6. The zero-order valence-electron chi connectivity index (χ0n) is 13.7. The number of furan rings is 1. The highest BCUT2D eigenvalue weighted by atomic mass is 16.5. The lowest BCUT2D eigenvalue weighted by molar-refractivity contribution is 0.0435. The Hall–Kier alpha value is -3.29. The summed E-state index contributed by atoms with van der Waals surface area (Å²) in [4.78, 5) is 24.4. The highest BCUT2D eigenvalue weighted by Crippen LogP contribution is 2.28. The minimum Gasteiger partial charge on any atom is -0.460 e. The smallest absolute Gasteiger partial charge is 0.374 e. The van der Waals surface area contributed by atoms with Crippen LogP contribution in [0.1, 0.15) is 39.1 Å². The predicted molar refractivity (Wildman–Crippen MR) is 86.9 cm³/mol. The van der Waals surface area contributed by atoms with Gasteiger partial charge >= 0.3 is 11.9 Å². The number of nitrogens with zero attached hydrogens (tertiary/aromatic N) is 1. The molecule has 1 aromatic carbocycles. The van der Waals surface area contributed by atoms with Gasteiger partial charge in [0.05, 0.1) is 17.9 Å². The second-order valence-electron chi connectivity index (χ2n) is 5.21. The molecule has 3 rings (SSSR count). The van der Waals surface area contributed by atoms with Crippen molar-refractivity contribution in [3.8, 4) is 0 Å². The molecule has 130 valence electrons. The number of fused-ring (bicyclic) bond motifs is 1. The number of carbonyl (C=O) groups excluding carboxylic acids is 2. The van der Waals surface area contributed by atoms with E-state index in [0.29, 0.717) is 22.2 Å². The van der Waals surface area contributed by atoms with Gasteiger partial charge in [0.2, 0.25) is 11.6 Å². The average molecular weight is 344 g/mol. The van der Waals surface area contributed by atoms with Crippen molar-refractivity contribution in [3.05, 3.63) is 46.8 Å². The zero-order chi connectivity index (χ0) is 18.0. The van der Waals surface area contributed by atoms with Gasteiger partial charge in [0.25, 0.3) is 0 Å². The van der Waals surface area contributed by atoms with Crippen molar-refractivity contribution < 1.29 is 28.0 Å². The first kappa shape index (κ1) is 16.6. The molecule has 0 spiro atoms. The maximum Gasteiger partial charge on any atom is 0.374 e. The third-order valence-corrected chi connectivity index (χ3v) is 3.60. The Bertz CT molecular complexity index is 920. The number of aryl methyl sites for hydroxylation is 1. The van der Waals surface area contributed by atoms with Gasteiger partial charge in [0, 0.05) is 5.39 Å². The fraction of sp³-hybridized carbons (Fsp3) is 0.235. The van der Waals surface area contributed by atoms with E-state index in [2.05, 4.69) is 5.16 Å². The van der Waals surface area contributed by atoms with E-state index in [1.165, 1.54) is 0 Å². The minimum absolute atomic E-state index is 0.00543. The Morgan fingerprint density at radius 2 is 1.96 bits per heavy atom. The van der Waals surface area contributed by atoms with Gasteiger partial charge in [-0.3, -0.25) is 0 Å². The van der Waals surface area contributed by atoms with E-state index in [9.17, 15) is 9.59 Å². The second kappa shape index (κ2) is 6.68. The predicted octanol–water partition coefficient (Wildman–Crippen LogP) is 2.85. The first-order valence-corrected chi connectivity index (χ1v) is 7.59. The van der Waals surface area contributed by atoms with E-state index >= 15 is 0 Å². The highest BCUT2D eigenvalue weighted by molar-refractivity contribution is 5.97. The first-order valence-electron chi connectivity index (χ1n) is 7.59. The summed E-state index contributed by atoms with van der Waals surface area (Å²) in [6, 6.07) is 7.05. The molecule has 2 N–H and O–H groups in total. The summed E-state index contributed by atoms with van der Waals surface area (Å²) >= 11 is 0. The summed E-state index contributed by atoms with van der Waals surface area (Å²) in [5.41, 5.74) is 6.89. The quantitative estimate of drug-likeness (QED) is 0.702. The monoisotopic (exact) mass is 344 g/mol. The maximum atomic E-state index is 12.2. The van der Waals surface area contributed by atoms with E-state index in [4.69, 9.17) is 24.1 Å². The molecule has 8 heteroatoms. The first-order chi connectivity index (χ1) is 12.0. The summed E-state index contributed by atoms with van der Waals surface area (Å²) in [6.45, 7) is 3.28. The molecular weight excluding hydrogens is 328 g/mol. The number of esters is 2. The van der Waals surface area contributed by atoms with E-state index in [-0.39, 0.29) is 30.4 Å². The van der Waals surface area contributed by atoms with Crippen LogP contribution in [0.25, 0.3) is 11.0 Å².